The van der Waals surface area contributed by atoms with E-state index in [1.165, 1.54) is 23.8 Å². The fourth-order valence-corrected chi connectivity index (χ4v) is 2.49. The molecule has 0 amide bonds. The Morgan fingerprint density at radius 3 is 2.86 bits per heavy atom. The van der Waals surface area contributed by atoms with E-state index in [0.717, 1.165) is 36.9 Å². The minimum atomic E-state index is 0.469. The van der Waals surface area contributed by atoms with Crippen LogP contribution in [0.2, 0.25) is 0 Å². The molecule has 1 aliphatic rings. The van der Waals surface area contributed by atoms with Gasteiger partial charge in [-0.2, -0.15) is 0 Å². The van der Waals surface area contributed by atoms with Gasteiger partial charge >= 0.3 is 0 Å². The number of nitrogens with zero attached hydrogens (tertiary/aromatic N) is 1. The van der Waals surface area contributed by atoms with E-state index < -0.39 is 0 Å². The standard InChI is InChI=1S/C18H24N2O/c1-13(2)19-12-15-11-18(21-10-9-14-7-8-14)20-17-6-4-3-5-16(15)17/h3-6,11,13-14,19H,7-10,12H2,1-2H3. The van der Waals surface area contributed by atoms with Crippen LogP contribution in [0, 0.1) is 5.92 Å². The van der Waals surface area contributed by atoms with Gasteiger partial charge in [0.15, 0.2) is 0 Å². The van der Waals surface area contributed by atoms with Crippen molar-refractivity contribution in [1.82, 2.24) is 10.3 Å². The molecule has 0 spiro atoms. The van der Waals surface area contributed by atoms with Gasteiger partial charge in [-0.15, -0.1) is 0 Å². The van der Waals surface area contributed by atoms with Crippen LogP contribution in [0.1, 0.15) is 38.7 Å². The van der Waals surface area contributed by atoms with Crippen molar-refractivity contribution in [3.63, 3.8) is 0 Å². The predicted molar refractivity (Wildman–Crippen MR) is 86.6 cm³/mol. The van der Waals surface area contributed by atoms with Crippen molar-refractivity contribution in [2.75, 3.05) is 6.61 Å². The van der Waals surface area contributed by atoms with Crippen molar-refractivity contribution < 1.29 is 4.74 Å². The van der Waals surface area contributed by atoms with Gasteiger partial charge in [0, 0.05) is 24.0 Å². The van der Waals surface area contributed by atoms with Crippen LogP contribution in [-0.2, 0) is 6.54 Å². The third kappa shape index (κ3) is 3.94. The Morgan fingerprint density at radius 2 is 2.10 bits per heavy atom. The molecular weight excluding hydrogens is 260 g/mol. The topological polar surface area (TPSA) is 34.1 Å². The lowest BCUT2D eigenvalue weighted by atomic mass is 10.1. The van der Waals surface area contributed by atoms with Crippen molar-refractivity contribution in [1.29, 1.82) is 0 Å². The third-order valence-corrected chi connectivity index (χ3v) is 3.95. The highest BCUT2D eigenvalue weighted by atomic mass is 16.5. The second-order valence-electron chi connectivity index (χ2n) is 6.25. The molecule has 1 N–H and O–H groups in total. The first kappa shape index (κ1) is 14.3. The van der Waals surface area contributed by atoms with E-state index in [4.69, 9.17) is 4.74 Å². The number of benzene rings is 1. The average Bonchev–Trinajstić information content (AvgIpc) is 3.29. The largest absolute Gasteiger partial charge is 0.478 e. The summed E-state index contributed by atoms with van der Waals surface area (Å²) in [6.07, 6.45) is 3.91. The normalized spacial score (nSPS) is 14.8. The number of ether oxygens (including phenoxy) is 1. The Balaban J connectivity index is 1.78. The quantitative estimate of drug-likeness (QED) is 0.837. The lowest BCUT2D eigenvalue weighted by Crippen LogP contribution is -2.22. The van der Waals surface area contributed by atoms with E-state index in [-0.39, 0.29) is 0 Å². The molecule has 1 heterocycles. The Bertz CT molecular complexity index is 605. The van der Waals surface area contributed by atoms with Gasteiger partial charge in [0.1, 0.15) is 0 Å². The Labute approximate surface area is 126 Å². The van der Waals surface area contributed by atoms with Crippen molar-refractivity contribution >= 4 is 10.9 Å². The van der Waals surface area contributed by atoms with Crippen molar-refractivity contribution in [3.8, 4) is 5.88 Å². The molecule has 3 rings (SSSR count). The van der Waals surface area contributed by atoms with Crippen LogP contribution in [0.3, 0.4) is 0 Å². The molecule has 0 aliphatic heterocycles. The maximum atomic E-state index is 5.87. The summed E-state index contributed by atoms with van der Waals surface area (Å²) in [7, 11) is 0. The van der Waals surface area contributed by atoms with E-state index in [9.17, 15) is 0 Å². The predicted octanol–water partition coefficient (Wildman–Crippen LogP) is 3.91. The van der Waals surface area contributed by atoms with Crippen LogP contribution in [-0.4, -0.2) is 17.6 Å². The van der Waals surface area contributed by atoms with Gasteiger partial charge < -0.3 is 10.1 Å². The Hall–Kier alpha value is -1.61. The fraction of sp³-hybridized carbons (Fsp3) is 0.500. The highest BCUT2D eigenvalue weighted by Gasteiger charge is 2.20. The van der Waals surface area contributed by atoms with Crippen LogP contribution in [0.5, 0.6) is 5.88 Å². The average molecular weight is 284 g/mol. The highest BCUT2D eigenvalue weighted by Crippen LogP contribution is 2.32. The van der Waals surface area contributed by atoms with Gasteiger partial charge in [-0.1, -0.05) is 44.9 Å². The number of fused-ring (bicyclic) bond motifs is 1. The monoisotopic (exact) mass is 284 g/mol. The number of para-hydroxylation sites is 1. The van der Waals surface area contributed by atoms with Gasteiger partial charge in [-0.3, -0.25) is 0 Å². The Kier molecular flexibility index (Phi) is 4.39. The molecule has 0 bridgehead atoms. The van der Waals surface area contributed by atoms with Gasteiger partial charge in [0.25, 0.3) is 0 Å². The van der Waals surface area contributed by atoms with E-state index in [0.29, 0.717) is 6.04 Å². The summed E-state index contributed by atoms with van der Waals surface area (Å²) in [6, 6.07) is 10.8. The molecule has 21 heavy (non-hydrogen) atoms. The van der Waals surface area contributed by atoms with Crippen molar-refractivity contribution in [2.24, 2.45) is 5.92 Å². The van der Waals surface area contributed by atoms with Crippen LogP contribution >= 0.6 is 0 Å². The summed E-state index contributed by atoms with van der Waals surface area (Å²) in [4.78, 5) is 4.63. The first-order valence-electron chi connectivity index (χ1n) is 7.97. The summed E-state index contributed by atoms with van der Waals surface area (Å²) in [5.74, 6) is 1.66. The van der Waals surface area contributed by atoms with Gasteiger partial charge in [-0.05, 0) is 24.0 Å². The lowest BCUT2D eigenvalue weighted by molar-refractivity contribution is 0.292. The summed E-state index contributed by atoms with van der Waals surface area (Å²) >= 11 is 0. The molecular formula is C18H24N2O. The number of nitrogens with one attached hydrogen (secondary N) is 1. The molecule has 1 fully saturated rings. The zero-order valence-corrected chi connectivity index (χ0v) is 12.9. The summed E-state index contributed by atoms with van der Waals surface area (Å²) in [6.45, 7) is 5.96. The van der Waals surface area contributed by atoms with E-state index >= 15 is 0 Å². The number of aromatic nitrogens is 1. The summed E-state index contributed by atoms with van der Waals surface area (Å²) < 4.78 is 5.87. The second-order valence-corrected chi connectivity index (χ2v) is 6.25. The zero-order chi connectivity index (χ0) is 14.7. The van der Waals surface area contributed by atoms with Gasteiger partial charge in [0.05, 0.1) is 12.1 Å². The lowest BCUT2D eigenvalue weighted by Gasteiger charge is -2.13. The fourth-order valence-electron chi connectivity index (χ4n) is 2.49. The molecule has 0 unspecified atom stereocenters. The number of hydrogen-bond acceptors (Lipinski definition) is 3. The minimum absolute atomic E-state index is 0.469. The first-order valence-corrected chi connectivity index (χ1v) is 7.97. The van der Waals surface area contributed by atoms with E-state index in [2.05, 4.69) is 48.4 Å². The maximum absolute atomic E-state index is 5.87. The number of pyridine rings is 1. The first-order chi connectivity index (χ1) is 10.2. The van der Waals surface area contributed by atoms with E-state index in [1.807, 2.05) is 6.07 Å². The summed E-state index contributed by atoms with van der Waals surface area (Å²) in [5.41, 5.74) is 2.28. The van der Waals surface area contributed by atoms with Gasteiger partial charge in [-0.25, -0.2) is 4.98 Å². The number of hydrogen-bond donors (Lipinski definition) is 1. The molecule has 1 aromatic carbocycles. The van der Waals surface area contributed by atoms with Gasteiger partial charge in [0.2, 0.25) is 5.88 Å². The molecule has 3 nitrogen and oxygen atoms in total. The summed E-state index contributed by atoms with van der Waals surface area (Å²) in [5, 5.41) is 4.69. The molecule has 1 saturated carbocycles. The smallest absolute Gasteiger partial charge is 0.214 e. The molecule has 3 heteroatoms. The zero-order valence-electron chi connectivity index (χ0n) is 12.9. The molecule has 1 aliphatic carbocycles. The van der Waals surface area contributed by atoms with Crippen LogP contribution in [0.25, 0.3) is 10.9 Å². The van der Waals surface area contributed by atoms with Crippen molar-refractivity contribution in [3.05, 3.63) is 35.9 Å². The Morgan fingerprint density at radius 1 is 1.29 bits per heavy atom. The maximum Gasteiger partial charge on any atom is 0.214 e. The molecule has 112 valence electrons. The van der Waals surface area contributed by atoms with Crippen molar-refractivity contribution in [2.45, 2.75) is 45.7 Å². The number of rotatable bonds is 7. The SMILES string of the molecule is CC(C)NCc1cc(OCCC2CC2)nc2ccccc12. The molecule has 1 aromatic heterocycles. The van der Waals surface area contributed by atoms with E-state index in [1.54, 1.807) is 0 Å². The molecule has 0 atom stereocenters. The molecule has 2 aromatic rings. The van der Waals surface area contributed by atoms with Crippen LogP contribution in [0.4, 0.5) is 0 Å². The molecule has 0 radical (unpaired) electrons. The minimum Gasteiger partial charge on any atom is -0.478 e. The third-order valence-electron chi connectivity index (χ3n) is 3.95. The highest BCUT2D eigenvalue weighted by molar-refractivity contribution is 5.82. The second kappa shape index (κ2) is 6.44. The van der Waals surface area contributed by atoms with Crippen LogP contribution in [0.15, 0.2) is 30.3 Å². The van der Waals surface area contributed by atoms with Crippen LogP contribution < -0.4 is 10.1 Å². The molecule has 0 saturated heterocycles.